The Morgan fingerprint density at radius 3 is 1.85 bits per heavy atom. The molecular weight excluding hydrogens is 1040 g/mol. The van der Waals surface area contributed by atoms with Crippen LogP contribution in [0.3, 0.4) is 0 Å². The molecule has 0 saturated carbocycles. The second-order valence-electron chi connectivity index (χ2n) is 21.7. The van der Waals surface area contributed by atoms with Crippen molar-refractivity contribution in [3.8, 4) is 0 Å². The molecule has 446 valence electrons. The zero-order chi connectivity index (χ0) is 59.1. The van der Waals surface area contributed by atoms with Crippen LogP contribution in [0.1, 0.15) is 115 Å². The summed E-state index contributed by atoms with van der Waals surface area (Å²) in [7, 11) is 1.12. The minimum Gasteiger partial charge on any atom is -0.469 e. The fourth-order valence-electron chi connectivity index (χ4n) is 10.2. The Morgan fingerprint density at radius 1 is 0.700 bits per heavy atom. The van der Waals surface area contributed by atoms with E-state index in [-0.39, 0.29) is 49.7 Å². The first-order chi connectivity index (χ1) is 37.9. The van der Waals surface area contributed by atoms with Gasteiger partial charge in [-0.3, -0.25) is 19.2 Å². The lowest BCUT2D eigenvalue weighted by Crippen LogP contribution is -2.57. The summed E-state index contributed by atoms with van der Waals surface area (Å²) >= 11 is 0. The molecule has 0 amide bonds. The highest BCUT2D eigenvalue weighted by Gasteiger charge is 2.51. The summed E-state index contributed by atoms with van der Waals surface area (Å²) in [6.07, 6.45) is 3.94. The molecule has 3 aliphatic heterocycles. The van der Waals surface area contributed by atoms with E-state index in [4.69, 9.17) is 29.4 Å². The van der Waals surface area contributed by atoms with Crippen LogP contribution in [0.2, 0.25) is 0 Å². The largest absolute Gasteiger partial charge is 0.469 e. The third-order valence-electron chi connectivity index (χ3n) is 14.6. The molecule has 2 fully saturated rings. The number of hydrogen-bond acceptors (Lipinski definition) is 20. The monoisotopic (exact) mass is 1130 g/mol. The van der Waals surface area contributed by atoms with E-state index in [0.29, 0.717) is 17.7 Å². The molecule has 0 aliphatic carbocycles. The van der Waals surface area contributed by atoms with Crippen molar-refractivity contribution in [2.24, 2.45) is 23.7 Å². The fraction of sp³-hybridized carbons (Fsp3) is 0.600. The summed E-state index contributed by atoms with van der Waals surface area (Å²) < 4.78 is 29.1. The van der Waals surface area contributed by atoms with Crippen molar-refractivity contribution in [2.75, 3.05) is 12.8 Å². The summed E-state index contributed by atoms with van der Waals surface area (Å²) in [6, 6.07) is 6.40. The van der Waals surface area contributed by atoms with E-state index >= 15 is 0 Å². The molecule has 0 spiro atoms. The molecule has 1 aromatic carbocycles. The highest BCUT2D eigenvalue weighted by atomic mass is 16.7. The lowest BCUT2D eigenvalue weighted by Gasteiger charge is -2.45. The fourth-order valence-corrected chi connectivity index (χ4v) is 10.2. The van der Waals surface area contributed by atoms with Gasteiger partial charge in [0, 0.05) is 61.6 Å². The number of benzene rings is 1. The van der Waals surface area contributed by atoms with E-state index < -0.39 is 160 Å². The van der Waals surface area contributed by atoms with Gasteiger partial charge in [-0.1, -0.05) is 106 Å². The Labute approximate surface area is 469 Å². The van der Waals surface area contributed by atoms with Crippen LogP contribution in [-0.4, -0.2) is 173 Å². The number of fused-ring (bicyclic) bond motifs is 2. The molecule has 12 N–H and O–H groups in total. The van der Waals surface area contributed by atoms with Crippen molar-refractivity contribution in [1.29, 1.82) is 0 Å². The lowest BCUT2D eigenvalue weighted by molar-refractivity contribution is -0.311. The maximum absolute atomic E-state index is 13.3. The van der Waals surface area contributed by atoms with Crippen LogP contribution >= 0.6 is 0 Å². The van der Waals surface area contributed by atoms with Crippen LogP contribution in [0, 0.1) is 23.7 Å². The van der Waals surface area contributed by atoms with Gasteiger partial charge in [-0.15, -0.1) is 0 Å². The van der Waals surface area contributed by atoms with Gasteiger partial charge in [0.1, 0.15) is 23.9 Å². The van der Waals surface area contributed by atoms with Crippen molar-refractivity contribution in [1.82, 2.24) is 0 Å². The number of rotatable bonds is 10. The number of ketones is 2. The van der Waals surface area contributed by atoms with Crippen LogP contribution in [0.5, 0.6) is 0 Å². The number of aliphatic hydroxyl groups excluding tert-OH is 9. The Kier molecular flexibility index (Phi) is 28.5. The molecule has 19 atom stereocenters. The number of carbonyl (C=O) groups excluding carboxylic acids is 4. The molecule has 20 nitrogen and oxygen atoms in total. The molecule has 0 radical (unpaired) electrons. The number of ether oxygens (including phenoxy) is 5. The molecule has 3 aliphatic rings. The molecule has 80 heavy (non-hydrogen) atoms. The molecule has 4 rings (SSSR count). The summed E-state index contributed by atoms with van der Waals surface area (Å²) in [4.78, 5) is 52.2. The molecule has 20 heteroatoms. The number of anilines is 1. The molecule has 2 bridgehead atoms. The Balaban J connectivity index is 1.55. The number of nitrogen functional groups attached to an aromatic ring is 1. The number of allylic oxidation sites excluding steroid dienone is 12. The van der Waals surface area contributed by atoms with E-state index in [1.807, 2.05) is 19.9 Å². The second-order valence-corrected chi connectivity index (χ2v) is 21.7. The number of esters is 2. The molecular formula is C60H87NO19. The van der Waals surface area contributed by atoms with Crippen LogP contribution in [0.15, 0.2) is 109 Å². The lowest BCUT2D eigenvalue weighted by atomic mass is 9.82. The zero-order valence-corrected chi connectivity index (χ0v) is 46.5. The van der Waals surface area contributed by atoms with Crippen LogP contribution in [-0.2, 0) is 38.1 Å². The minimum atomic E-state index is -2.27. The highest BCUT2D eigenvalue weighted by Crippen LogP contribution is 2.39. The van der Waals surface area contributed by atoms with Crippen molar-refractivity contribution in [2.45, 2.75) is 196 Å². The molecule has 3 heterocycles. The third-order valence-corrected chi connectivity index (χ3v) is 14.6. The first-order valence-corrected chi connectivity index (χ1v) is 27.6. The Morgan fingerprint density at radius 2 is 1.25 bits per heavy atom. The van der Waals surface area contributed by atoms with Crippen molar-refractivity contribution >= 4 is 29.2 Å². The SMILES string of the molecule is COC(=O)C1C(O)CC2(O)CC(O)CC(O)CC(O)CC(O)CC(=O)CC(O)CC(=O)OC(C(C)CCC(O)CC(=O)c3ccc(N)cc3)C(C)/C=C/C=C/C=C/C=C/C=C/C=C/C=C/C(OC3OC(C)C(O)C(C)C3O)CC1O2. The Hall–Kier alpha value is -5.04. The maximum atomic E-state index is 13.3. The topological polar surface area (TPSA) is 343 Å². The van der Waals surface area contributed by atoms with Gasteiger partial charge in [-0.25, -0.2) is 0 Å². The summed E-state index contributed by atoms with van der Waals surface area (Å²) in [5.74, 6) is -7.47. The summed E-state index contributed by atoms with van der Waals surface area (Å²) in [5.41, 5.74) is 6.67. The molecule has 0 aromatic heterocycles. The predicted octanol–water partition coefficient (Wildman–Crippen LogP) is 3.68. The average Bonchev–Trinajstić information content (AvgIpc) is 3.48. The van der Waals surface area contributed by atoms with Crippen molar-refractivity contribution < 1.29 is 93.9 Å². The number of methoxy groups -OCH3 is 1. The van der Waals surface area contributed by atoms with Crippen molar-refractivity contribution in [3.63, 3.8) is 0 Å². The first-order valence-electron chi connectivity index (χ1n) is 27.6. The average molecular weight is 1130 g/mol. The minimum absolute atomic E-state index is 0.123. The van der Waals surface area contributed by atoms with Crippen LogP contribution < -0.4 is 5.73 Å². The number of aliphatic hydroxyl groups is 10. The maximum Gasteiger partial charge on any atom is 0.313 e. The molecule has 19 unspecified atom stereocenters. The summed E-state index contributed by atoms with van der Waals surface area (Å²) in [6.45, 7) is 6.95. The molecule has 1 aromatic rings. The van der Waals surface area contributed by atoms with Gasteiger partial charge < -0.3 is 80.5 Å². The van der Waals surface area contributed by atoms with Crippen LogP contribution in [0.4, 0.5) is 5.69 Å². The van der Waals surface area contributed by atoms with E-state index in [1.54, 1.807) is 117 Å². The van der Waals surface area contributed by atoms with Crippen LogP contribution in [0.25, 0.3) is 0 Å². The predicted molar refractivity (Wildman–Crippen MR) is 296 cm³/mol. The van der Waals surface area contributed by atoms with Gasteiger partial charge in [0.2, 0.25) is 0 Å². The first kappa shape index (κ1) is 67.5. The second kappa shape index (κ2) is 33.8. The number of cyclic esters (lactones) is 1. The normalized spacial score (nSPS) is 38.0. The highest BCUT2D eigenvalue weighted by molar-refractivity contribution is 5.96. The quantitative estimate of drug-likeness (QED) is 0.0904. The molecule has 2 saturated heterocycles. The van der Waals surface area contributed by atoms with E-state index in [2.05, 4.69) is 0 Å². The van der Waals surface area contributed by atoms with Gasteiger partial charge in [-0.2, -0.15) is 0 Å². The number of Topliss-reactive ketones (excluding diaryl/α,β-unsaturated/α-hetero) is 2. The smallest absolute Gasteiger partial charge is 0.313 e. The Bertz CT molecular complexity index is 2300. The van der Waals surface area contributed by atoms with E-state index in [1.165, 1.54) is 0 Å². The van der Waals surface area contributed by atoms with Gasteiger partial charge in [-0.05, 0) is 69.2 Å². The van der Waals surface area contributed by atoms with Gasteiger partial charge in [0.15, 0.2) is 17.9 Å². The number of nitrogens with two attached hydrogens (primary N) is 1. The van der Waals surface area contributed by atoms with E-state index in [9.17, 15) is 70.2 Å². The third kappa shape index (κ3) is 23.1. The van der Waals surface area contributed by atoms with Crippen molar-refractivity contribution in [3.05, 3.63) is 115 Å². The number of hydrogen-bond donors (Lipinski definition) is 11. The number of carbonyl (C=O) groups is 4. The van der Waals surface area contributed by atoms with Gasteiger partial charge >= 0.3 is 11.9 Å². The summed E-state index contributed by atoms with van der Waals surface area (Å²) in [5, 5.41) is 110. The van der Waals surface area contributed by atoms with E-state index in [0.717, 1.165) is 7.11 Å². The zero-order valence-electron chi connectivity index (χ0n) is 46.5. The van der Waals surface area contributed by atoms with Gasteiger partial charge in [0.25, 0.3) is 0 Å². The van der Waals surface area contributed by atoms with Gasteiger partial charge in [0.05, 0.1) is 80.7 Å². The standard InChI is InChI=1S/C60H87NO19/c1-36-18-16-14-12-10-8-6-7-9-11-13-15-17-19-49(78-59-56(73)38(3)55(72)39(4)77-59)33-52-54(58(74)76-5)51(70)35-60(75,80-52)34-48(68)30-46(66)28-44(64)26-43(63)27-45(65)29-47(67)32-53(71)79-57(36)37(2)20-25-42(62)31-50(69)40-21-23-41(61)24-22-40/h6-19,21-24,36-39,42-44,46-49,51-52,54-57,59,62-64,66-68,70,72-73,75H,20,25-35,61H2,1-5H3/b7-6+,10-8+,11-9+,14-12+,15-13+,18-16+,19-17+.